The van der Waals surface area contributed by atoms with Crippen molar-refractivity contribution in [1.29, 1.82) is 0 Å². The minimum Gasteiger partial charge on any atom is -0.207 e. The highest BCUT2D eigenvalue weighted by Gasteiger charge is 2.19. The lowest BCUT2D eigenvalue weighted by molar-refractivity contribution is 0.296. The second-order valence-corrected chi connectivity index (χ2v) is 6.17. The summed E-state index contributed by atoms with van der Waals surface area (Å²) in [4.78, 5) is 0. The van der Waals surface area contributed by atoms with Crippen LogP contribution in [0.5, 0.6) is 0 Å². The third kappa shape index (κ3) is 4.34. The molecule has 1 saturated carbocycles. The second-order valence-electron chi connectivity index (χ2n) is 5.92. The average molecular weight is 295 g/mol. The zero-order valence-electron chi connectivity index (χ0n) is 12.2. The zero-order valence-corrected chi connectivity index (χ0v) is 13.0. The van der Waals surface area contributed by atoms with Crippen LogP contribution < -0.4 is 0 Å². The first kappa shape index (κ1) is 15.6. The van der Waals surface area contributed by atoms with Crippen LogP contribution in [-0.4, -0.2) is 0 Å². The molecule has 0 amide bonds. The van der Waals surface area contributed by atoms with E-state index in [2.05, 4.69) is 12.1 Å². The predicted molar refractivity (Wildman–Crippen MR) is 84.5 cm³/mol. The van der Waals surface area contributed by atoms with Crippen molar-refractivity contribution in [2.24, 2.45) is 11.8 Å². The van der Waals surface area contributed by atoms with Crippen LogP contribution in [0.2, 0.25) is 0 Å². The minimum absolute atomic E-state index is 0.0408. The van der Waals surface area contributed by atoms with Crippen molar-refractivity contribution in [3.63, 3.8) is 0 Å². The SMILES string of the molecule is CCc1ccc(CC[C@H]2CC[C@H](/C=C/Cl)CC2)cc1F. The van der Waals surface area contributed by atoms with Crippen LogP contribution in [0.3, 0.4) is 0 Å². The first-order valence-electron chi connectivity index (χ1n) is 7.77. The predicted octanol–water partition coefficient (Wildman–Crippen LogP) is 5.88. The molecule has 20 heavy (non-hydrogen) atoms. The maximum absolute atomic E-state index is 13.7. The van der Waals surface area contributed by atoms with Gasteiger partial charge in [0.15, 0.2) is 0 Å². The highest BCUT2D eigenvalue weighted by Crippen LogP contribution is 2.32. The molecule has 2 rings (SSSR count). The molecule has 0 spiro atoms. The van der Waals surface area contributed by atoms with Crippen molar-refractivity contribution < 1.29 is 4.39 Å². The number of rotatable bonds is 5. The molecular formula is C18H24ClF. The Morgan fingerprint density at radius 2 is 2.00 bits per heavy atom. The molecule has 1 aliphatic rings. The lowest BCUT2D eigenvalue weighted by Gasteiger charge is -2.26. The lowest BCUT2D eigenvalue weighted by atomic mass is 9.79. The van der Waals surface area contributed by atoms with Crippen molar-refractivity contribution in [3.8, 4) is 0 Å². The summed E-state index contributed by atoms with van der Waals surface area (Å²) in [6.45, 7) is 1.99. The van der Waals surface area contributed by atoms with Gasteiger partial charge in [-0.15, -0.1) is 0 Å². The highest BCUT2D eigenvalue weighted by molar-refractivity contribution is 6.25. The number of hydrogen-bond acceptors (Lipinski definition) is 0. The van der Waals surface area contributed by atoms with E-state index in [-0.39, 0.29) is 5.82 Å². The Kier molecular flexibility index (Phi) is 6.09. The van der Waals surface area contributed by atoms with Crippen LogP contribution in [0.4, 0.5) is 4.39 Å². The van der Waals surface area contributed by atoms with Gasteiger partial charge in [0.05, 0.1) is 0 Å². The van der Waals surface area contributed by atoms with Crippen molar-refractivity contribution in [2.75, 3.05) is 0 Å². The zero-order chi connectivity index (χ0) is 14.4. The normalized spacial score (nSPS) is 23.4. The van der Waals surface area contributed by atoms with Crippen LogP contribution in [0.1, 0.15) is 50.2 Å². The summed E-state index contributed by atoms with van der Waals surface area (Å²) in [7, 11) is 0. The molecule has 0 aliphatic heterocycles. The Morgan fingerprint density at radius 3 is 2.60 bits per heavy atom. The molecular weight excluding hydrogens is 271 g/mol. The fraction of sp³-hybridized carbons (Fsp3) is 0.556. The smallest absolute Gasteiger partial charge is 0.126 e. The molecule has 0 bridgehead atoms. The maximum Gasteiger partial charge on any atom is 0.126 e. The van der Waals surface area contributed by atoms with Gasteiger partial charge in [0.25, 0.3) is 0 Å². The molecule has 0 aromatic heterocycles. The van der Waals surface area contributed by atoms with Gasteiger partial charge in [-0.05, 0) is 74.0 Å². The van der Waals surface area contributed by atoms with E-state index in [0.29, 0.717) is 5.92 Å². The molecule has 0 atom stereocenters. The van der Waals surface area contributed by atoms with E-state index in [4.69, 9.17) is 11.6 Å². The monoisotopic (exact) mass is 294 g/mol. The molecule has 0 nitrogen and oxygen atoms in total. The van der Waals surface area contributed by atoms with E-state index in [1.165, 1.54) is 32.1 Å². The van der Waals surface area contributed by atoms with E-state index in [1.54, 1.807) is 11.6 Å². The molecule has 1 aromatic rings. The van der Waals surface area contributed by atoms with Crippen LogP contribution in [0, 0.1) is 17.7 Å². The summed E-state index contributed by atoms with van der Waals surface area (Å²) in [5.74, 6) is 1.43. The number of halogens is 2. The Bertz CT molecular complexity index is 445. The second kappa shape index (κ2) is 7.83. The molecule has 110 valence electrons. The van der Waals surface area contributed by atoms with E-state index in [1.807, 2.05) is 13.0 Å². The van der Waals surface area contributed by atoms with E-state index in [0.717, 1.165) is 29.9 Å². The van der Waals surface area contributed by atoms with Crippen LogP contribution >= 0.6 is 11.6 Å². The number of hydrogen-bond donors (Lipinski definition) is 0. The fourth-order valence-electron chi connectivity index (χ4n) is 3.18. The third-order valence-corrected chi connectivity index (χ3v) is 4.72. The van der Waals surface area contributed by atoms with Gasteiger partial charge in [0.2, 0.25) is 0 Å². The van der Waals surface area contributed by atoms with Gasteiger partial charge < -0.3 is 0 Å². The summed E-state index contributed by atoms with van der Waals surface area (Å²) in [5, 5.41) is 0. The Balaban J connectivity index is 1.80. The van der Waals surface area contributed by atoms with Gasteiger partial charge in [-0.3, -0.25) is 0 Å². The molecule has 1 aromatic carbocycles. The summed E-state index contributed by atoms with van der Waals surface area (Å²) < 4.78 is 13.7. The quantitative estimate of drug-likeness (QED) is 0.636. The number of benzene rings is 1. The maximum atomic E-state index is 13.7. The molecule has 1 aliphatic carbocycles. The van der Waals surface area contributed by atoms with Gasteiger partial charge in [-0.25, -0.2) is 4.39 Å². The van der Waals surface area contributed by atoms with E-state index in [9.17, 15) is 4.39 Å². The first-order chi connectivity index (χ1) is 9.72. The Labute approximate surface area is 127 Å². The molecule has 1 fully saturated rings. The summed E-state index contributed by atoms with van der Waals surface area (Å²) in [5.41, 5.74) is 3.62. The lowest BCUT2D eigenvalue weighted by Crippen LogP contribution is -2.13. The Hall–Kier alpha value is -0.820. The number of allylic oxidation sites excluding steroid dienone is 1. The minimum atomic E-state index is -0.0408. The molecule has 0 saturated heterocycles. The topological polar surface area (TPSA) is 0 Å². The van der Waals surface area contributed by atoms with E-state index >= 15 is 0 Å². The number of aryl methyl sites for hydroxylation is 2. The fourth-order valence-corrected chi connectivity index (χ4v) is 3.38. The summed E-state index contributed by atoms with van der Waals surface area (Å²) in [6, 6.07) is 5.75. The molecule has 0 unspecified atom stereocenters. The van der Waals surface area contributed by atoms with Crippen LogP contribution in [-0.2, 0) is 12.8 Å². The van der Waals surface area contributed by atoms with E-state index < -0.39 is 0 Å². The summed E-state index contributed by atoms with van der Waals surface area (Å²) >= 11 is 5.64. The largest absolute Gasteiger partial charge is 0.207 e. The average Bonchev–Trinajstić information content (AvgIpc) is 2.47. The van der Waals surface area contributed by atoms with Gasteiger partial charge >= 0.3 is 0 Å². The van der Waals surface area contributed by atoms with Crippen molar-refractivity contribution in [2.45, 2.75) is 51.9 Å². The van der Waals surface area contributed by atoms with Gasteiger partial charge in [0, 0.05) is 5.54 Å². The van der Waals surface area contributed by atoms with Gasteiger partial charge in [-0.1, -0.05) is 36.7 Å². The molecule has 2 heteroatoms. The van der Waals surface area contributed by atoms with Crippen molar-refractivity contribution in [1.82, 2.24) is 0 Å². The first-order valence-corrected chi connectivity index (χ1v) is 8.20. The van der Waals surface area contributed by atoms with Crippen molar-refractivity contribution in [3.05, 3.63) is 46.8 Å². The van der Waals surface area contributed by atoms with Gasteiger partial charge in [0.1, 0.15) is 5.82 Å². The van der Waals surface area contributed by atoms with Crippen LogP contribution in [0.25, 0.3) is 0 Å². The standard InChI is InChI=1S/C18H24ClF/c1-2-17-10-9-16(13-18(17)20)8-7-14-3-5-15(6-4-14)11-12-19/h9-15H,2-8H2,1H3/b12-11+/t14-,15-. The molecule has 0 heterocycles. The third-order valence-electron chi connectivity index (χ3n) is 4.58. The molecule has 0 N–H and O–H groups in total. The molecule has 0 radical (unpaired) electrons. The van der Waals surface area contributed by atoms with Crippen molar-refractivity contribution >= 4 is 11.6 Å². The highest BCUT2D eigenvalue weighted by atomic mass is 35.5. The summed E-state index contributed by atoms with van der Waals surface area (Å²) in [6.07, 6.45) is 10.1. The van der Waals surface area contributed by atoms with Crippen LogP contribution in [0.15, 0.2) is 29.8 Å². The Morgan fingerprint density at radius 1 is 1.25 bits per heavy atom. The van der Waals surface area contributed by atoms with Gasteiger partial charge in [-0.2, -0.15) is 0 Å².